The smallest absolute Gasteiger partial charge is 0.0794 e. The summed E-state index contributed by atoms with van der Waals surface area (Å²) in [7, 11) is 0. The van der Waals surface area contributed by atoms with Crippen LogP contribution >= 0.6 is 11.3 Å². The highest BCUT2D eigenvalue weighted by molar-refractivity contribution is 7.09. The lowest BCUT2D eigenvalue weighted by Gasteiger charge is -2.33. The van der Waals surface area contributed by atoms with Crippen molar-refractivity contribution < 1.29 is 0 Å². The van der Waals surface area contributed by atoms with Crippen molar-refractivity contribution in [3.8, 4) is 0 Å². The number of nitrogens with one attached hydrogen (secondary N) is 1. The molecule has 2 rings (SSSR count). The summed E-state index contributed by atoms with van der Waals surface area (Å²) in [4.78, 5) is 5.43. The van der Waals surface area contributed by atoms with E-state index in [0.29, 0.717) is 11.5 Å². The van der Waals surface area contributed by atoms with Crippen LogP contribution in [0.3, 0.4) is 0 Å². The Morgan fingerprint density at radius 2 is 2.33 bits per heavy atom. The Labute approximate surface area is 95.1 Å². The van der Waals surface area contributed by atoms with E-state index in [1.54, 1.807) is 11.3 Å². The third-order valence-electron chi connectivity index (χ3n) is 3.68. The van der Waals surface area contributed by atoms with Gasteiger partial charge in [0, 0.05) is 23.5 Å². The van der Waals surface area contributed by atoms with Crippen LogP contribution < -0.4 is 11.3 Å². The van der Waals surface area contributed by atoms with Gasteiger partial charge >= 0.3 is 0 Å². The van der Waals surface area contributed by atoms with E-state index in [4.69, 9.17) is 5.84 Å². The van der Waals surface area contributed by atoms with Crippen molar-refractivity contribution in [2.75, 3.05) is 0 Å². The van der Waals surface area contributed by atoms with Crippen molar-refractivity contribution in [2.45, 2.75) is 45.1 Å². The topological polar surface area (TPSA) is 50.9 Å². The van der Waals surface area contributed by atoms with Gasteiger partial charge in [0.2, 0.25) is 0 Å². The summed E-state index contributed by atoms with van der Waals surface area (Å²) in [6.45, 7) is 2.35. The average molecular weight is 225 g/mol. The molecule has 15 heavy (non-hydrogen) atoms. The van der Waals surface area contributed by atoms with E-state index in [1.807, 2.05) is 11.7 Å². The Kier molecular flexibility index (Phi) is 3.38. The molecule has 0 aliphatic heterocycles. The van der Waals surface area contributed by atoms with Crippen LogP contribution in [0.2, 0.25) is 0 Å². The molecule has 0 aromatic carbocycles. The zero-order chi connectivity index (χ0) is 10.7. The summed E-state index contributed by atoms with van der Waals surface area (Å²) in [6.07, 6.45) is 8.24. The molecule has 1 saturated carbocycles. The van der Waals surface area contributed by atoms with E-state index in [1.165, 1.54) is 30.6 Å². The maximum atomic E-state index is 5.69. The fourth-order valence-corrected chi connectivity index (χ4v) is 3.22. The first-order valence-corrected chi connectivity index (χ1v) is 6.46. The van der Waals surface area contributed by atoms with Crippen LogP contribution in [-0.2, 0) is 6.42 Å². The minimum atomic E-state index is 0.374. The SMILES string of the molecule is CC1(C(Cc2cncs2)NN)CCCC1. The molecule has 1 unspecified atom stereocenters. The summed E-state index contributed by atoms with van der Waals surface area (Å²) in [6, 6.07) is 0.389. The monoisotopic (exact) mass is 225 g/mol. The first-order chi connectivity index (χ1) is 7.24. The van der Waals surface area contributed by atoms with Gasteiger partial charge < -0.3 is 0 Å². The first kappa shape index (κ1) is 11.0. The molecule has 3 nitrogen and oxygen atoms in total. The maximum absolute atomic E-state index is 5.69. The molecule has 1 aromatic heterocycles. The lowest BCUT2D eigenvalue weighted by atomic mass is 9.79. The van der Waals surface area contributed by atoms with Crippen LogP contribution in [0.25, 0.3) is 0 Å². The molecule has 1 heterocycles. The van der Waals surface area contributed by atoms with Crippen molar-refractivity contribution in [3.63, 3.8) is 0 Å². The molecule has 1 atom stereocenters. The third-order valence-corrected chi connectivity index (χ3v) is 4.48. The number of rotatable bonds is 4. The molecule has 0 bridgehead atoms. The molecule has 1 aliphatic rings. The molecule has 4 heteroatoms. The van der Waals surface area contributed by atoms with Crippen molar-refractivity contribution in [1.29, 1.82) is 0 Å². The molecular formula is C11H19N3S. The molecule has 1 fully saturated rings. The highest BCUT2D eigenvalue weighted by Gasteiger charge is 2.36. The summed E-state index contributed by atoms with van der Waals surface area (Å²) < 4.78 is 0. The summed E-state index contributed by atoms with van der Waals surface area (Å²) >= 11 is 1.72. The summed E-state index contributed by atoms with van der Waals surface area (Å²) in [5.74, 6) is 5.69. The Hall–Kier alpha value is -0.450. The second-order valence-corrected chi connectivity index (χ2v) is 5.72. The number of thiazole rings is 1. The van der Waals surface area contributed by atoms with Crippen LogP contribution in [-0.4, -0.2) is 11.0 Å². The molecule has 84 valence electrons. The van der Waals surface area contributed by atoms with Gasteiger partial charge in [-0.05, 0) is 18.3 Å². The van der Waals surface area contributed by atoms with Crippen molar-refractivity contribution in [1.82, 2.24) is 10.4 Å². The van der Waals surface area contributed by atoms with Gasteiger partial charge in [-0.15, -0.1) is 11.3 Å². The Morgan fingerprint density at radius 3 is 2.87 bits per heavy atom. The second kappa shape index (κ2) is 4.60. The first-order valence-electron chi connectivity index (χ1n) is 5.58. The van der Waals surface area contributed by atoms with E-state index in [0.717, 1.165) is 6.42 Å². The molecule has 0 saturated heterocycles. The lowest BCUT2D eigenvalue weighted by molar-refractivity contribution is 0.221. The minimum absolute atomic E-state index is 0.374. The van der Waals surface area contributed by atoms with Gasteiger partial charge in [0.15, 0.2) is 0 Å². The van der Waals surface area contributed by atoms with Gasteiger partial charge in [0.05, 0.1) is 5.51 Å². The van der Waals surface area contributed by atoms with Crippen LogP contribution in [0.4, 0.5) is 0 Å². The van der Waals surface area contributed by atoms with Crippen molar-refractivity contribution >= 4 is 11.3 Å². The van der Waals surface area contributed by atoms with E-state index < -0.39 is 0 Å². The molecule has 3 N–H and O–H groups in total. The van der Waals surface area contributed by atoms with Crippen molar-refractivity contribution in [3.05, 3.63) is 16.6 Å². The molecule has 0 spiro atoms. The normalized spacial score (nSPS) is 21.7. The minimum Gasteiger partial charge on any atom is -0.271 e. The van der Waals surface area contributed by atoms with Gasteiger partial charge in [0.1, 0.15) is 0 Å². The Bertz CT molecular complexity index is 291. The Balaban J connectivity index is 2.03. The van der Waals surface area contributed by atoms with E-state index in [2.05, 4.69) is 17.3 Å². The van der Waals surface area contributed by atoms with Crippen LogP contribution in [0.1, 0.15) is 37.5 Å². The molecule has 1 aliphatic carbocycles. The third kappa shape index (κ3) is 2.38. The number of hydrazine groups is 1. The largest absolute Gasteiger partial charge is 0.271 e. The number of hydrogen-bond acceptors (Lipinski definition) is 4. The fraction of sp³-hybridized carbons (Fsp3) is 0.727. The maximum Gasteiger partial charge on any atom is 0.0794 e. The summed E-state index contributed by atoms with van der Waals surface area (Å²) in [5.41, 5.74) is 5.26. The van der Waals surface area contributed by atoms with E-state index in [-0.39, 0.29) is 0 Å². The number of nitrogens with zero attached hydrogens (tertiary/aromatic N) is 1. The Morgan fingerprint density at radius 1 is 1.60 bits per heavy atom. The zero-order valence-electron chi connectivity index (χ0n) is 9.20. The van der Waals surface area contributed by atoms with Gasteiger partial charge in [0.25, 0.3) is 0 Å². The molecule has 0 amide bonds. The quantitative estimate of drug-likeness (QED) is 0.609. The average Bonchev–Trinajstić information content (AvgIpc) is 2.85. The lowest BCUT2D eigenvalue weighted by Crippen LogP contribution is -2.47. The predicted molar refractivity (Wildman–Crippen MR) is 63.5 cm³/mol. The van der Waals surface area contributed by atoms with Gasteiger partial charge in [-0.25, -0.2) is 0 Å². The number of nitrogens with two attached hydrogens (primary N) is 1. The van der Waals surface area contributed by atoms with Gasteiger partial charge in [-0.3, -0.25) is 16.3 Å². The highest BCUT2D eigenvalue weighted by Crippen LogP contribution is 2.41. The second-order valence-electron chi connectivity index (χ2n) is 4.75. The highest BCUT2D eigenvalue weighted by atomic mass is 32.1. The van der Waals surface area contributed by atoms with Crippen LogP contribution in [0.5, 0.6) is 0 Å². The van der Waals surface area contributed by atoms with Crippen LogP contribution in [0, 0.1) is 5.41 Å². The predicted octanol–water partition coefficient (Wildman–Crippen LogP) is 2.10. The standard InChI is InChI=1S/C11H19N3S/c1-11(4-2-3-5-11)10(14-12)6-9-7-13-8-15-9/h7-8,10,14H,2-6,12H2,1H3. The molecule has 1 aromatic rings. The van der Waals surface area contributed by atoms with Gasteiger partial charge in [-0.2, -0.15) is 0 Å². The number of aromatic nitrogens is 1. The summed E-state index contributed by atoms with van der Waals surface area (Å²) in [5, 5.41) is 0. The number of hydrogen-bond donors (Lipinski definition) is 2. The fourth-order valence-electron chi connectivity index (χ4n) is 2.58. The van der Waals surface area contributed by atoms with Gasteiger partial charge in [-0.1, -0.05) is 19.8 Å². The van der Waals surface area contributed by atoms with Crippen molar-refractivity contribution in [2.24, 2.45) is 11.3 Å². The van der Waals surface area contributed by atoms with E-state index >= 15 is 0 Å². The molecule has 0 radical (unpaired) electrons. The van der Waals surface area contributed by atoms with E-state index in [9.17, 15) is 0 Å². The zero-order valence-corrected chi connectivity index (χ0v) is 10.0. The van der Waals surface area contributed by atoms with Crippen LogP contribution in [0.15, 0.2) is 11.7 Å². The molecular weight excluding hydrogens is 206 g/mol.